The molecule has 2 aromatic carbocycles. The molecule has 0 atom stereocenters. The van der Waals surface area contributed by atoms with Gasteiger partial charge in [0.15, 0.2) is 0 Å². The van der Waals surface area contributed by atoms with Crippen LogP contribution in [0, 0.1) is 0 Å². The molecule has 1 aliphatic rings. The summed E-state index contributed by atoms with van der Waals surface area (Å²) in [7, 11) is 2.30. The van der Waals surface area contributed by atoms with Gasteiger partial charge in [0, 0.05) is 11.1 Å². The number of ether oxygens (including phenoxy) is 1. The number of likely N-dealkylation sites (N-methyl/N-ethyl adjacent to an activating group) is 1. The third-order valence-corrected chi connectivity index (χ3v) is 4.37. The van der Waals surface area contributed by atoms with Crippen LogP contribution in [-0.4, -0.2) is 33.4 Å². The maximum absolute atomic E-state index is 5.56. The number of benzene rings is 2. The van der Waals surface area contributed by atoms with Gasteiger partial charge in [-0.2, -0.15) is 0 Å². The first-order valence-electron chi connectivity index (χ1n) is 7.48. The van der Waals surface area contributed by atoms with Crippen LogP contribution in [-0.2, 0) is 4.74 Å². The van der Waals surface area contributed by atoms with Crippen LogP contribution in [0.25, 0.3) is 17.2 Å². The summed E-state index contributed by atoms with van der Waals surface area (Å²) in [5.41, 5.74) is 5.15. The summed E-state index contributed by atoms with van der Waals surface area (Å²) in [5.74, 6) is 0. The van der Waals surface area contributed by atoms with Crippen molar-refractivity contribution in [2.45, 2.75) is 0 Å². The van der Waals surface area contributed by atoms with E-state index in [1.54, 1.807) is 0 Å². The molecule has 2 heteroatoms. The lowest BCUT2D eigenvalue weighted by atomic mass is 9.97. The van der Waals surface area contributed by atoms with Crippen LogP contribution in [0.2, 0.25) is 0 Å². The third-order valence-electron chi connectivity index (χ3n) is 4.37. The van der Waals surface area contributed by atoms with E-state index in [1.807, 2.05) is 6.08 Å². The molecule has 0 aliphatic carbocycles. The Bertz CT molecular complexity index is 627. The number of quaternary nitrogens is 1. The van der Waals surface area contributed by atoms with E-state index in [-0.39, 0.29) is 0 Å². The molecule has 0 bridgehead atoms. The second-order valence-electron chi connectivity index (χ2n) is 5.77. The standard InChI is InChI=1S/C19H22NO/c1-3-16-10-7-11-18(17-8-5-4-6-9-17)19(16)20(2)12-14-21-15-13-20/h3-11H,1,12-15H2,2H3/q+1. The van der Waals surface area contributed by atoms with E-state index >= 15 is 0 Å². The highest BCUT2D eigenvalue weighted by Crippen LogP contribution is 2.38. The molecule has 21 heavy (non-hydrogen) atoms. The smallest absolute Gasteiger partial charge is 0.147 e. The fourth-order valence-electron chi connectivity index (χ4n) is 3.15. The molecule has 1 saturated heterocycles. The number of nitrogens with zero attached hydrogens (tertiary/aromatic N) is 1. The second-order valence-corrected chi connectivity index (χ2v) is 5.77. The summed E-state index contributed by atoms with van der Waals surface area (Å²) in [5, 5.41) is 0. The number of hydrogen-bond donors (Lipinski definition) is 0. The van der Waals surface area contributed by atoms with Crippen LogP contribution in [0.1, 0.15) is 5.56 Å². The molecule has 2 aromatic rings. The van der Waals surface area contributed by atoms with Crippen molar-refractivity contribution >= 4 is 11.8 Å². The van der Waals surface area contributed by atoms with Gasteiger partial charge in [0.1, 0.15) is 18.8 Å². The van der Waals surface area contributed by atoms with Gasteiger partial charge in [-0.1, -0.05) is 49.1 Å². The lowest BCUT2D eigenvalue weighted by molar-refractivity contribution is 0.0528. The molecule has 2 nitrogen and oxygen atoms in total. The Morgan fingerprint density at radius 3 is 2.38 bits per heavy atom. The normalized spacial score (nSPS) is 17.4. The van der Waals surface area contributed by atoms with E-state index in [0.29, 0.717) is 0 Å². The zero-order valence-electron chi connectivity index (χ0n) is 12.6. The molecule has 1 heterocycles. The lowest BCUT2D eigenvalue weighted by Crippen LogP contribution is -2.53. The molecule has 0 spiro atoms. The fraction of sp³-hybridized carbons (Fsp3) is 0.263. The predicted molar refractivity (Wildman–Crippen MR) is 90.2 cm³/mol. The van der Waals surface area contributed by atoms with E-state index in [0.717, 1.165) is 30.8 Å². The summed E-state index contributed by atoms with van der Waals surface area (Å²) in [4.78, 5) is 0. The Morgan fingerprint density at radius 2 is 1.71 bits per heavy atom. The zero-order valence-corrected chi connectivity index (χ0v) is 12.6. The van der Waals surface area contributed by atoms with Gasteiger partial charge in [0.2, 0.25) is 0 Å². The van der Waals surface area contributed by atoms with Crippen molar-refractivity contribution in [2.24, 2.45) is 0 Å². The minimum Gasteiger partial charge on any atom is -0.370 e. The van der Waals surface area contributed by atoms with E-state index < -0.39 is 0 Å². The van der Waals surface area contributed by atoms with Gasteiger partial charge >= 0.3 is 0 Å². The van der Waals surface area contributed by atoms with Gasteiger partial charge in [0.05, 0.1) is 20.3 Å². The summed E-state index contributed by atoms with van der Waals surface area (Å²) in [6, 6.07) is 17.1. The van der Waals surface area contributed by atoms with Crippen molar-refractivity contribution in [3.05, 3.63) is 60.7 Å². The molecular weight excluding hydrogens is 258 g/mol. The van der Waals surface area contributed by atoms with Gasteiger partial charge in [-0.05, 0) is 17.7 Å². The van der Waals surface area contributed by atoms with E-state index in [4.69, 9.17) is 4.74 Å². The van der Waals surface area contributed by atoms with E-state index in [2.05, 4.69) is 62.2 Å². The SMILES string of the molecule is C=Cc1cccc(-c2ccccc2)c1[N+]1(C)CCOCC1. The molecule has 0 saturated carbocycles. The first-order chi connectivity index (χ1) is 10.2. The average Bonchev–Trinajstić information content (AvgIpc) is 2.55. The van der Waals surface area contributed by atoms with Crippen LogP contribution < -0.4 is 4.48 Å². The van der Waals surface area contributed by atoms with Crippen molar-refractivity contribution in [1.82, 2.24) is 4.48 Å². The largest absolute Gasteiger partial charge is 0.370 e. The number of rotatable bonds is 3. The van der Waals surface area contributed by atoms with Crippen LogP contribution in [0.15, 0.2) is 55.1 Å². The zero-order chi connectivity index (χ0) is 14.7. The lowest BCUT2D eigenvalue weighted by Gasteiger charge is -2.39. The predicted octanol–water partition coefficient (Wildman–Crippen LogP) is 3.96. The number of para-hydroxylation sites is 1. The third kappa shape index (κ3) is 2.65. The van der Waals surface area contributed by atoms with Gasteiger partial charge < -0.3 is 4.74 Å². The molecular formula is C19H22NO+. The average molecular weight is 280 g/mol. The van der Waals surface area contributed by atoms with Crippen molar-refractivity contribution in [1.29, 1.82) is 0 Å². The molecule has 3 rings (SSSR count). The summed E-state index contributed by atoms with van der Waals surface area (Å²) in [6.07, 6.45) is 1.97. The first-order valence-corrected chi connectivity index (χ1v) is 7.48. The number of hydrogen-bond acceptors (Lipinski definition) is 1. The minimum atomic E-state index is 0.816. The molecule has 1 fully saturated rings. The molecule has 0 amide bonds. The minimum absolute atomic E-state index is 0.816. The Labute approximate surface area is 126 Å². The van der Waals surface area contributed by atoms with Crippen LogP contribution in [0.4, 0.5) is 5.69 Å². The molecule has 0 aromatic heterocycles. The van der Waals surface area contributed by atoms with Crippen molar-refractivity contribution < 1.29 is 4.74 Å². The second kappa shape index (κ2) is 5.84. The van der Waals surface area contributed by atoms with E-state index in [9.17, 15) is 0 Å². The molecule has 108 valence electrons. The van der Waals surface area contributed by atoms with Gasteiger partial charge in [-0.3, -0.25) is 4.48 Å². The monoisotopic (exact) mass is 280 g/mol. The summed E-state index contributed by atoms with van der Waals surface area (Å²) < 4.78 is 6.47. The Hall–Kier alpha value is -1.90. The van der Waals surface area contributed by atoms with Crippen LogP contribution in [0.5, 0.6) is 0 Å². The topological polar surface area (TPSA) is 9.23 Å². The number of morpholine rings is 1. The Kier molecular flexibility index (Phi) is 3.91. The van der Waals surface area contributed by atoms with Crippen molar-refractivity contribution in [2.75, 3.05) is 33.4 Å². The van der Waals surface area contributed by atoms with Gasteiger partial charge in [0.25, 0.3) is 0 Å². The quantitative estimate of drug-likeness (QED) is 0.773. The Morgan fingerprint density at radius 1 is 1.00 bits per heavy atom. The fourth-order valence-corrected chi connectivity index (χ4v) is 3.15. The highest BCUT2D eigenvalue weighted by Gasteiger charge is 2.32. The van der Waals surface area contributed by atoms with Crippen LogP contribution in [0.3, 0.4) is 0 Å². The highest BCUT2D eigenvalue weighted by atomic mass is 16.5. The maximum Gasteiger partial charge on any atom is 0.147 e. The maximum atomic E-state index is 5.56. The van der Waals surface area contributed by atoms with E-state index in [1.165, 1.54) is 22.4 Å². The summed E-state index contributed by atoms with van der Waals surface area (Å²) >= 11 is 0. The van der Waals surface area contributed by atoms with Crippen molar-refractivity contribution in [3.63, 3.8) is 0 Å². The van der Waals surface area contributed by atoms with Gasteiger partial charge in [-0.15, -0.1) is 0 Å². The van der Waals surface area contributed by atoms with Crippen LogP contribution >= 0.6 is 0 Å². The van der Waals surface area contributed by atoms with Gasteiger partial charge in [-0.25, -0.2) is 0 Å². The molecule has 1 aliphatic heterocycles. The first kappa shape index (κ1) is 14.1. The summed E-state index contributed by atoms with van der Waals surface area (Å²) in [6.45, 7) is 7.65. The highest BCUT2D eigenvalue weighted by molar-refractivity contribution is 5.83. The Balaban J connectivity index is 2.19. The molecule has 0 N–H and O–H groups in total. The molecule has 0 radical (unpaired) electrons. The van der Waals surface area contributed by atoms with Crippen molar-refractivity contribution in [3.8, 4) is 11.1 Å². The molecule has 0 unspecified atom stereocenters.